The second-order valence-electron chi connectivity index (χ2n) is 3.70. The van der Waals surface area contributed by atoms with Crippen molar-refractivity contribution >= 4 is 17.5 Å². The highest BCUT2D eigenvalue weighted by atomic mass is 35.5. The van der Waals surface area contributed by atoms with Gasteiger partial charge in [-0.1, -0.05) is 42.0 Å². The van der Waals surface area contributed by atoms with E-state index in [0.29, 0.717) is 5.02 Å². The van der Waals surface area contributed by atoms with Gasteiger partial charge >= 0.3 is 0 Å². The molecule has 0 aromatic heterocycles. The molecule has 18 heavy (non-hydrogen) atoms. The predicted octanol–water partition coefficient (Wildman–Crippen LogP) is 2.62. The maximum atomic E-state index is 11.3. The summed E-state index contributed by atoms with van der Waals surface area (Å²) in [4.78, 5) is 11.3. The van der Waals surface area contributed by atoms with E-state index in [1.54, 1.807) is 36.4 Å². The van der Waals surface area contributed by atoms with Crippen LogP contribution in [-0.4, -0.2) is 17.6 Å². The molecule has 1 unspecified atom stereocenters. The summed E-state index contributed by atoms with van der Waals surface area (Å²) < 4.78 is 0. The van der Waals surface area contributed by atoms with Crippen LogP contribution in [0.25, 0.3) is 0 Å². The van der Waals surface area contributed by atoms with E-state index in [9.17, 15) is 9.90 Å². The molecule has 3 nitrogen and oxygen atoms in total. The fraction of sp³-hybridized carbons (Fsp3) is 0.214. The molecule has 0 saturated carbocycles. The monoisotopic (exact) mass is 265 g/mol. The minimum atomic E-state index is -0.735. The summed E-state index contributed by atoms with van der Waals surface area (Å²) >= 11 is 5.75. The number of carbonyl (C=O) groups is 1. The number of aliphatic hydroxyl groups is 1. The third-order valence-electron chi connectivity index (χ3n) is 2.28. The van der Waals surface area contributed by atoms with Crippen molar-refractivity contribution in [2.24, 2.45) is 0 Å². The summed E-state index contributed by atoms with van der Waals surface area (Å²) in [5.74, 6) is -0.235. The van der Waals surface area contributed by atoms with Gasteiger partial charge < -0.3 is 10.4 Å². The molecule has 0 saturated heterocycles. The Morgan fingerprint density at radius 3 is 2.67 bits per heavy atom. The molecular weight excluding hydrogens is 250 g/mol. The minimum absolute atomic E-state index is 0.167. The number of allylic oxidation sites excluding steroid dienone is 3. The topological polar surface area (TPSA) is 49.3 Å². The summed E-state index contributed by atoms with van der Waals surface area (Å²) in [6.45, 7) is 2.03. The first-order valence-electron chi connectivity index (χ1n) is 5.64. The van der Waals surface area contributed by atoms with Crippen LogP contribution in [0.15, 0.2) is 48.6 Å². The Labute approximate surface area is 112 Å². The molecule has 0 aliphatic rings. The van der Waals surface area contributed by atoms with Gasteiger partial charge in [0.25, 0.3) is 0 Å². The van der Waals surface area contributed by atoms with Gasteiger partial charge in [-0.25, -0.2) is 0 Å². The molecule has 0 heterocycles. The van der Waals surface area contributed by atoms with Crippen molar-refractivity contribution in [3.05, 3.63) is 59.2 Å². The number of amides is 1. The second-order valence-corrected chi connectivity index (χ2v) is 4.13. The quantitative estimate of drug-likeness (QED) is 0.635. The summed E-state index contributed by atoms with van der Waals surface area (Å²) in [5.41, 5.74) is 0.720. The standard InChI is InChI=1S/C14H16ClNO2/c1-2-3-4-5-14(18)16-10-13(17)11-6-8-12(15)9-7-11/h2-9,13,17H,10H2,1H3,(H,16,18)/b3-2+,5-4+. The van der Waals surface area contributed by atoms with Gasteiger partial charge in [0.05, 0.1) is 6.10 Å². The summed E-state index contributed by atoms with van der Waals surface area (Å²) in [5, 5.41) is 13.1. The molecule has 0 fully saturated rings. The lowest BCUT2D eigenvalue weighted by molar-refractivity contribution is -0.116. The van der Waals surface area contributed by atoms with Gasteiger partial charge in [0.1, 0.15) is 0 Å². The van der Waals surface area contributed by atoms with Crippen molar-refractivity contribution in [2.45, 2.75) is 13.0 Å². The molecule has 0 aliphatic carbocycles. The second kappa shape index (κ2) is 7.69. The number of carbonyl (C=O) groups excluding carboxylic acids is 1. The Bertz CT molecular complexity index is 438. The molecule has 1 atom stereocenters. The van der Waals surface area contributed by atoms with E-state index in [4.69, 9.17) is 11.6 Å². The highest BCUT2D eigenvalue weighted by Gasteiger charge is 2.07. The van der Waals surface area contributed by atoms with Gasteiger partial charge in [0.2, 0.25) is 5.91 Å². The van der Waals surface area contributed by atoms with E-state index >= 15 is 0 Å². The van der Waals surface area contributed by atoms with Gasteiger partial charge in [-0.2, -0.15) is 0 Å². The van der Waals surface area contributed by atoms with Crippen LogP contribution in [0.1, 0.15) is 18.6 Å². The molecule has 4 heteroatoms. The Kier molecular flexibility index (Phi) is 6.19. The molecular formula is C14H16ClNO2. The van der Waals surface area contributed by atoms with E-state index in [1.807, 2.05) is 13.0 Å². The zero-order chi connectivity index (χ0) is 13.4. The van der Waals surface area contributed by atoms with E-state index in [-0.39, 0.29) is 12.5 Å². The van der Waals surface area contributed by atoms with E-state index < -0.39 is 6.10 Å². The zero-order valence-corrected chi connectivity index (χ0v) is 10.9. The first-order valence-corrected chi connectivity index (χ1v) is 6.02. The Hall–Kier alpha value is -1.58. The van der Waals surface area contributed by atoms with Crippen LogP contribution in [0.4, 0.5) is 0 Å². The van der Waals surface area contributed by atoms with Crippen LogP contribution in [0.3, 0.4) is 0 Å². The van der Waals surface area contributed by atoms with Crippen LogP contribution >= 0.6 is 11.6 Å². The largest absolute Gasteiger partial charge is 0.387 e. The third kappa shape index (κ3) is 5.17. The van der Waals surface area contributed by atoms with Crippen LogP contribution in [-0.2, 0) is 4.79 Å². The molecule has 1 aromatic carbocycles. The van der Waals surface area contributed by atoms with Crippen molar-refractivity contribution < 1.29 is 9.90 Å². The number of hydrogen-bond donors (Lipinski definition) is 2. The van der Waals surface area contributed by atoms with Crippen molar-refractivity contribution in [1.82, 2.24) is 5.32 Å². The van der Waals surface area contributed by atoms with Crippen molar-refractivity contribution in [2.75, 3.05) is 6.54 Å². The van der Waals surface area contributed by atoms with Crippen LogP contribution in [0, 0.1) is 0 Å². The Morgan fingerprint density at radius 1 is 1.39 bits per heavy atom. The summed E-state index contributed by atoms with van der Waals surface area (Å²) in [6.07, 6.45) is 5.90. The number of benzene rings is 1. The molecule has 0 aliphatic heterocycles. The van der Waals surface area contributed by atoms with Gasteiger partial charge in [-0.15, -0.1) is 0 Å². The van der Waals surface area contributed by atoms with E-state index in [2.05, 4.69) is 5.32 Å². The normalized spacial score (nSPS) is 13.1. The fourth-order valence-corrected chi connectivity index (χ4v) is 1.44. The molecule has 1 amide bonds. The molecule has 0 spiro atoms. The van der Waals surface area contributed by atoms with E-state index in [1.165, 1.54) is 6.08 Å². The number of halogens is 1. The average molecular weight is 266 g/mol. The minimum Gasteiger partial charge on any atom is -0.387 e. The number of aliphatic hydroxyl groups excluding tert-OH is 1. The lowest BCUT2D eigenvalue weighted by Crippen LogP contribution is -2.26. The van der Waals surface area contributed by atoms with Gasteiger partial charge in [-0.05, 0) is 24.6 Å². The number of rotatable bonds is 5. The molecule has 0 bridgehead atoms. The SMILES string of the molecule is C/C=C/C=C/C(=O)NCC(O)c1ccc(Cl)cc1. The average Bonchev–Trinajstić information content (AvgIpc) is 2.37. The number of hydrogen-bond acceptors (Lipinski definition) is 2. The predicted molar refractivity (Wildman–Crippen MR) is 73.4 cm³/mol. The Balaban J connectivity index is 2.43. The van der Waals surface area contributed by atoms with Crippen LogP contribution in [0.5, 0.6) is 0 Å². The van der Waals surface area contributed by atoms with Crippen LogP contribution < -0.4 is 5.32 Å². The zero-order valence-electron chi connectivity index (χ0n) is 10.1. The smallest absolute Gasteiger partial charge is 0.244 e. The van der Waals surface area contributed by atoms with Crippen molar-refractivity contribution in [3.8, 4) is 0 Å². The van der Waals surface area contributed by atoms with Gasteiger partial charge in [0.15, 0.2) is 0 Å². The molecule has 1 aromatic rings. The highest BCUT2D eigenvalue weighted by Crippen LogP contribution is 2.15. The van der Waals surface area contributed by atoms with Crippen LogP contribution in [0.2, 0.25) is 5.02 Å². The maximum absolute atomic E-state index is 11.3. The third-order valence-corrected chi connectivity index (χ3v) is 2.53. The Morgan fingerprint density at radius 2 is 2.06 bits per heavy atom. The number of nitrogens with one attached hydrogen (secondary N) is 1. The lowest BCUT2D eigenvalue weighted by Gasteiger charge is -2.11. The molecule has 1 rings (SSSR count). The molecule has 2 N–H and O–H groups in total. The maximum Gasteiger partial charge on any atom is 0.244 e. The first-order chi connectivity index (χ1) is 8.63. The van der Waals surface area contributed by atoms with Crippen molar-refractivity contribution in [1.29, 1.82) is 0 Å². The lowest BCUT2D eigenvalue weighted by atomic mass is 10.1. The van der Waals surface area contributed by atoms with E-state index in [0.717, 1.165) is 5.56 Å². The molecule has 96 valence electrons. The highest BCUT2D eigenvalue weighted by molar-refractivity contribution is 6.30. The first kappa shape index (κ1) is 14.5. The summed E-state index contributed by atoms with van der Waals surface area (Å²) in [7, 11) is 0. The summed E-state index contributed by atoms with van der Waals surface area (Å²) in [6, 6.07) is 6.87. The fourth-order valence-electron chi connectivity index (χ4n) is 1.31. The molecule has 0 radical (unpaired) electrons. The van der Waals surface area contributed by atoms with Crippen molar-refractivity contribution in [3.63, 3.8) is 0 Å². The van der Waals surface area contributed by atoms with Gasteiger partial charge in [0, 0.05) is 17.6 Å². The van der Waals surface area contributed by atoms with Gasteiger partial charge in [-0.3, -0.25) is 4.79 Å².